The summed E-state index contributed by atoms with van der Waals surface area (Å²) in [5.41, 5.74) is 1.94. The van der Waals surface area contributed by atoms with Crippen molar-refractivity contribution in [3.63, 3.8) is 0 Å². The van der Waals surface area contributed by atoms with Gasteiger partial charge in [0.1, 0.15) is 19.0 Å². The smallest absolute Gasteiger partial charge is 0.310 e. The summed E-state index contributed by atoms with van der Waals surface area (Å²) < 4.78 is 16.4. The molecule has 1 fully saturated rings. The lowest BCUT2D eigenvalue weighted by molar-refractivity contribution is -0.146. The Hall–Kier alpha value is -4.66. The molecule has 3 heterocycles. The van der Waals surface area contributed by atoms with E-state index in [1.165, 1.54) is 4.90 Å². The van der Waals surface area contributed by atoms with Gasteiger partial charge in [-0.1, -0.05) is 18.2 Å². The van der Waals surface area contributed by atoms with Crippen molar-refractivity contribution in [1.29, 1.82) is 0 Å². The van der Waals surface area contributed by atoms with E-state index in [1.54, 1.807) is 80.8 Å². The fraction of sp³-hybridized carbons (Fsp3) is 0.241. The number of aliphatic hydroxyl groups is 1. The minimum Gasteiger partial charge on any atom is -0.507 e. The third kappa shape index (κ3) is 4.82. The number of carbonyl (C=O) groups is 3. The molecule has 1 unspecified atom stereocenters. The Morgan fingerprint density at radius 2 is 1.82 bits per heavy atom. The average Bonchev–Trinajstić information content (AvgIpc) is 3.18. The number of amides is 1. The number of aromatic nitrogens is 1. The topological polar surface area (TPSA) is 115 Å². The highest BCUT2D eigenvalue weighted by molar-refractivity contribution is 6.51. The summed E-state index contributed by atoms with van der Waals surface area (Å²) in [6.07, 6.45) is 2.99. The van der Waals surface area contributed by atoms with E-state index in [2.05, 4.69) is 4.98 Å². The van der Waals surface area contributed by atoms with Gasteiger partial charge in [-0.05, 0) is 61.4 Å². The molecule has 0 bridgehead atoms. The predicted molar refractivity (Wildman–Crippen MR) is 138 cm³/mol. The molecule has 9 nitrogen and oxygen atoms in total. The average molecular weight is 515 g/mol. The first kappa shape index (κ1) is 25.0. The summed E-state index contributed by atoms with van der Waals surface area (Å²) in [6, 6.07) is 14.1. The zero-order chi connectivity index (χ0) is 26.8. The maximum atomic E-state index is 13.3. The first-order chi connectivity index (χ1) is 18.3. The number of carbonyl (C=O) groups excluding carboxylic acids is 3. The number of ether oxygens (including phenoxy) is 3. The Labute approximate surface area is 219 Å². The van der Waals surface area contributed by atoms with E-state index < -0.39 is 17.7 Å². The molecule has 0 radical (unpaired) electrons. The molecule has 1 N–H and O–H groups in total. The molecule has 2 aromatic carbocycles. The lowest BCUT2D eigenvalue weighted by Gasteiger charge is -2.25. The van der Waals surface area contributed by atoms with Crippen LogP contribution in [0.3, 0.4) is 0 Å². The van der Waals surface area contributed by atoms with Crippen molar-refractivity contribution in [1.82, 2.24) is 4.98 Å². The van der Waals surface area contributed by atoms with Crippen LogP contribution in [0.25, 0.3) is 5.76 Å². The molecule has 1 saturated heterocycles. The van der Waals surface area contributed by atoms with Crippen molar-refractivity contribution in [2.45, 2.75) is 32.4 Å². The third-order valence-corrected chi connectivity index (χ3v) is 6.19. The number of anilines is 1. The van der Waals surface area contributed by atoms with E-state index in [4.69, 9.17) is 14.2 Å². The molecular weight excluding hydrogens is 488 g/mol. The number of esters is 1. The minimum absolute atomic E-state index is 0.0655. The van der Waals surface area contributed by atoms with Crippen LogP contribution in [0.1, 0.15) is 36.6 Å². The number of aliphatic hydroxyl groups excluding tert-OH is 1. The van der Waals surface area contributed by atoms with Crippen LogP contribution in [0.5, 0.6) is 11.5 Å². The Balaban J connectivity index is 1.55. The lowest BCUT2D eigenvalue weighted by atomic mass is 9.96. The second kappa shape index (κ2) is 10.4. The number of Topliss-reactive ketones (excluding diaryl/α,β-unsaturated/α-hetero) is 1. The normalized spacial score (nSPS) is 18.1. The fourth-order valence-electron chi connectivity index (χ4n) is 4.54. The minimum atomic E-state index is -0.923. The predicted octanol–water partition coefficient (Wildman–Crippen LogP) is 3.97. The van der Waals surface area contributed by atoms with Gasteiger partial charge in [-0.25, -0.2) is 0 Å². The number of hydrogen-bond donors (Lipinski definition) is 1. The van der Waals surface area contributed by atoms with Crippen LogP contribution in [-0.2, 0) is 25.5 Å². The molecule has 2 aliphatic rings. The van der Waals surface area contributed by atoms with Crippen LogP contribution in [-0.4, -0.2) is 47.1 Å². The quantitative estimate of drug-likeness (QED) is 0.227. The monoisotopic (exact) mass is 514 g/mol. The van der Waals surface area contributed by atoms with Crippen molar-refractivity contribution >= 4 is 29.1 Å². The van der Waals surface area contributed by atoms with Gasteiger partial charge in [0, 0.05) is 23.6 Å². The van der Waals surface area contributed by atoms with Crippen molar-refractivity contribution in [2.24, 2.45) is 0 Å². The number of pyridine rings is 1. The number of fused-ring (bicyclic) bond motifs is 1. The van der Waals surface area contributed by atoms with Gasteiger partial charge in [0.05, 0.1) is 24.1 Å². The molecule has 3 aromatic rings. The standard InChI is InChI=1S/C29H26N2O7/c1-17(2)38-24(32)14-18-5-8-21(9-6-18)31-26(20-4-3-11-30-16-20)25(28(34)29(31)35)27(33)19-7-10-22-23(15-19)37-13-12-36-22/h3-11,15-17,26,33H,12-14H2,1-2H3/b27-25-. The Morgan fingerprint density at radius 3 is 2.50 bits per heavy atom. The molecule has 194 valence electrons. The van der Waals surface area contributed by atoms with Crippen molar-refractivity contribution < 1.29 is 33.7 Å². The zero-order valence-electron chi connectivity index (χ0n) is 20.9. The summed E-state index contributed by atoms with van der Waals surface area (Å²) in [7, 11) is 0. The van der Waals surface area contributed by atoms with Gasteiger partial charge in [-0.3, -0.25) is 24.3 Å². The zero-order valence-corrected chi connectivity index (χ0v) is 20.9. The molecule has 1 atom stereocenters. The molecule has 0 aliphatic carbocycles. The van der Waals surface area contributed by atoms with Gasteiger partial charge >= 0.3 is 5.97 Å². The molecule has 0 saturated carbocycles. The first-order valence-electron chi connectivity index (χ1n) is 12.2. The van der Waals surface area contributed by atoms with Crippen LogP contribution < -0.4 is 14.4 Å². The molecule has 38 heavy (non-hydrogen) atoms. The third-order valence-electron chi connectivity index (χ3n) is 6.19. The van der Waals surface area contributed by atoms with E-state index in [0.29, 0.717) is 47.1 Å². The van der Waals surface area contributed by atoms with E-state index in [9.17, 15) is 19.5 Å². The molecule has 0 spiro atoms. The number of benzene rings is 2. The maximum absolute atomic E-state index is 13.3. The van der Waals surface area contributed by atoms with Gasteiger partial charge < -0.3 is 19.3 Å². The van der Waals surface area contributed by atoms with Gasteiger partial charge in [0.25, 0.3) is 11.7 Å². The van der Waals surface area contributed by atoms with Crippen LogP contribution >= 0.6 is 0 Å². The molecule has 5 rings (SSSR count). The second-order valence-corrected chi connectivity index (χ2v) is 9.20. The van der Waals surface area contributed by atoms with Gasteiger partial charge in [-0.15, -0.1) is 0 Å². The van der Waals surface area contributed by atoms with Gasteiger partial charge in [0.15, 0.2) is 11.5 Å². The van der Waals surface area contributed by atoms with Crippen molar-refractivity contribution in [3.8, 4) is 11.5 Å². The maximum Gasteiger partial charge on any atom is 0.310 e. The Bertz CT molecular complexity index is 1410. The molecular formula is C29H26N2O7. The second-order valence-electron chi connectivity index (χ2n) is 9.20. The Kier molecular flexibility index (Phi) is 6.83. The van der Waals surface area contributed by atoms with E-state index in [-0.39, 0.29) is 29.8 Å². The number of hydrogen-bond acceptors (Lipinski definition) is 8. The lowest BCUT2D eigenvalue weighted by Crippen LogP contribution is -2.29. The van der Waals surface area contributed by atoms with E-state index in [0.717, 1.165) is 0 Å². The summed E-state index contributed by atoms with van der Waals surface area (Å²) in [6.45, 7) is 4.34. The number of nitrogens with zero attached hydrogens (tertiary/aromatic N) is 2. The van der Waals surface area contributed by atoms with Gasteiger partial charge in [-0.2, -0.15) is 0 Å². The first-order valence-corrected chi connectivity index (χ1v) is 12.2. The van der Waals surface area contributed by atoms with Crippen LogP contribution in [0.15, 0.2) is 72.6 Å². The van der Waals surface area contributed by atoms with Crippen molar-refractivity contribution in [3.05, 3.63) is 89.3 Å². The largest absolute Gasteiger partial charge is 0.507 e. The van der Waals surface area contributed by atoms with Crippen LogP contribution in [0.4, 0.5) is 5.69 Å². The van der Waals surface area contributed by atoms with Crippen molar-refractivity contribution in [2.75, 3.05) is 18.1 Å². The van der Waals surface area contributed by atoms with Crippen LogP contribution in [0, 0.1) is 0 Å². The number of ketones is 1. The van der Waals surface area contributed by atoms with E-state index in [1.807, 2.05) is 0 Å². The molecule has 9 heteroatoms. The van der Waals surface area contributed by atoms with Crippen LogP contribution in [0.2, 0.25) is 0 Å². The Morgan fingerprint density at radius 1 is 1.08 bits per heavy atom. The van der Waals surface area contributed by atoms with Gasteiger partial charge in [0.2, 0.25) is 0 Å². The highest BCUT2D eigenvalue weighted by atomic mass is 16.6. The number of rotatable bonds is 6. The highest BCUT2D eigenvalue weighted by Crippen LogP contribution is 2.43. The van der Waals surface area contributed by atoms with E-state index >= 15 is 0 Å². The summed E-state index contributed by atoms with van der Waals surface area (Å²) in [5.74, 6) is -1.32. The SMILES string of the molecule is CC(C)OC(=O)Cc1ccc(N2C(=O)C(=O)/C(=C(\O)c3ccc4c(c3)OCCO4)C2c2cccnc2)cc1. The highest BCUT2D eigenvalue weighted by Gasteiger charge is 2.47. The summed E-state index contributed by atoms with van der Waals surface area (Å²) >= 11 is 0. The summed E-state index contributed by atoms with van der Waals surface area (Å²) in [4.78, 5) is 44.2. The molecule has 1 aromatic heterocycles. The molecule has 2 aliphatic heterocycles. The summed E-state index contributed by atoms with van der Waals surface area (Å²) in [5, 5.41) is 11.3. The molecule has 1 amide bonds. The fourth-order valence-corrected chi connectivity index (χ4v) is 4.54.